The van der Waals surface area contributed by atoms with Crippen LogP contribution in [0.1, 0.15) is 59.3 Å². The summed E-state index contributed by atoms with van der Waals surface area (Å²) >= 11 is 0. The van der Waals surface area contributed by atoms with E-state index in [1.165, 1.54) is 19.3 Å². The van der Waals surface area contributed by atoms with Gasteiger partial charge in [-0.3, -0.25) is 0 Å². The third-order valence-electron chi connectivity index (χ3n) is 6.02. The van der Waals surface area contributed by atoms with Gasteiger partial charge in [0.15, 0.2) is 0 Å². The summed E-state index contributed by atoms with van der Waals surface area (Å²) in [5.74, 6) is -2.65. The van der Waals surface area contributed by atoms with Gasteiger partial charge in [0.1, 0.15) is 5.60 Å². The lowest BCUT2D eigenvalue weighted by molar-refractivity contribution is -0.216. The topological polar surface area (TPSA) is 26.3 Å². The fourth-order valence-corrected chi connectivity index (χ4v) is 5.28. The number of hydrogen-bond donors (Lipinski definition) is 0. The van der Waals surface area contributed by atoms with Gasteiger partial charge >= 0.3 is 11.9 Å². The second-order valence-corrected chi connectivity index (χ2v) is 7.99. The first-order valence-corrected chi connectivity index (χ1v) is 7.73. The Kier molecular flexibility index (Phi) is 2.98. The molecular weight excluding hydrogens is 262 g/mol. The van der Waals surface area contributed by atoms with Crippen LogP contribution in [0.2, 0.25) is 0 Å². The van der Waals surface area contributed by atoms with Gasteiger partial charge in [-0.05, 0) is 70.1 Å². The summed E-state index contributed by atoms with van der Waals surface area (Å²) in [4.78, 5) is 11.6. The largest absolute Gasteiger partial charge is 0.455 e. The molecule has 0 radical (unpaired) electrons. The summed E-state index contributed by atoms with van der Waals surface area (Å²) < 4.78 is 31.6. The quantitative estimate of drug-likeness (QED) is 0.727. The van der Waals surface area contributed by atoms with Crippen molar-refractivity contribution in [2.45, 2.75) is 70.8 Å². The highest BCUT2D eigenvalue weighted by Gasteiger charge is 2.59. The maximum Gasteiger partial charge on any atom is 0.377 e. The van der Waals surface area contributed by atoms with Gasteiger partial charge in [-0.2, -0.15) is 8.78 Å². The summed E-state index contributed by atoms with van der Waals surface area (Å²) in [6.07, 6.45) is 6.96. The van der Waals surface area contributed by atoms with Gasteiger partial charge in [0.05, 0.1) is 0 Å². The fraction of sp³-hybridized carbons (Fsp3) is 0.938. The van der Waals surface area contributed by atoms with Crippen molar-refractivity contribution in [3.05, 3.63) is 0 Å². The molecule has 4 aliphatic carbocycles. The van der Waals surface area contributed by atoms with Crippen molar-refractivity contribution in [2.75, 3.05) is 0 Å². The van der Waals surface area contributed by atoms with Crippen molar-refractivity contribution in [3.8, 4) is 0 Å². The van der Waals surface area contributed by atoms with Crippen LogP contribution in [-0.2, 0) is 9.53 Å². The van der Waals surface area contributed by atoms with Gasteiger partial charge < -0.3 is 4.74 Å². The van der Waals surface area contributed by atoms with Crippen LogP contribution in [0.5, 0.6) is 0 Å². The maximum absolute atomic E-state index is 13.1. The van der Waals surface area contributed by atoms with Gasteiger partial charge in [-0.25, -0.2) is 4.79 Å². The molecule has 0 spiro atoms. The minimum atomic E-state index is -3.40. The van der Waals surface area contributed by atoms with E-state index in [2.05, 4.69) is 0 Å². The highest BCUT2D eigenvalue weighted by atomic mass is 19.3. The van der Waals surface area contributed by atoms with Crippen LogP contribution < -0.4 is 0 Å². The van der Waals surface area contributed by atoms with E-state index in [4.69, 9.17) is 4.74 Å². The van der Waals surface area contributed by atoms with Gasteiger partial charge in [0.2, 0.25) is 0 Å². The highest BCUT2D eigenvalue weighted by Crippen LogP contribution is 2.64. The maximum atomic E-state index is 13.1. The second kappa shape index (κ2) is 4.17. The van der Waals surface area contributed by atoms with Crippen LogP contribution in [0.3, 0.4) is 0 Å². The SMILES string of the molecule is CC(F)(F)C(=O)OC(C)(C)C12CC3CC(CC(C3)C1)C2. The van der Waals surface area contributed by atoms with Crippen molar-refractivity contribution in [1.29, 1.82) is 0 Å². The Bertz CT molecular complexity index is 387. The summed E-state index contributed by atoms with van der Waals surface area (Å²) in [5, 5.41) is 0. The Balaban J connectivity index is 1.82. The van der Waals surface area contributed by atoms with Crippen LogP contribution in [0.25, 0.3) is 0 Å². The lowest BCUT2D eigenvalue weighted by Crippen LogP contribution is -2.58. The van der Waals surface area contributed by atoms with Gasteiger partial charge in [-0.15, -0.1) is 0 Å². The number of alkyl halides is 2. The molecule has 4 fully saturated rings. The lowest BCUT2D eigenvalue weighted by Gasteiger charge is -2.61. The summed E-state index contributed by atoms with van der Waals surface area (Å²) in [7, 11) is 0. The van der Waals surface area contributed by atoms with Crippen molar-refractivity contribution >= 4 is 5.97 Å². The summed E-state index contributed by atoms with van der Waals surface area (Å²) in [5.41, 5.74) is -0.873. The van der Waals surface area contributed by atoms with Gasteiger partial charge in [-0.1, -0.05) is 0 Å². The number of esters is 1. The Morgan fingerprint density at radius 3 is 1.75 bits per heavy atom. The van der Waals surface area contributed by atoms with Crippen molar-refractivity contribution in [2.24, 2.45) is 23.2 Å². The number of halogens is 2. The number of carbonyl (C=O) groups is 1. The second-order valence-electron chi connectivity index (χ2n) is 7.99. The van der Waals surface area contributed by atoms with Crippen LogP contribution in [0.4, 0.5) is 8.78 Å². The zero-order valence-corrected chi connectivity index (χ0v) is 12.5. The third kappa shape index (κ3) is 2.15. The first-order valence-electron chi connectivity index (χ1n) is 7.73. The molecule has 0 N–H and O–H groups in total. The number of hydrogen-bond acceptors (Lipinski definition) is 2. The molecule has 0 aromatic heterocycles. The van der Waals surface area contributed by atoms with E-state index >= 15 is 0 Å². The first kappa shape index (κ1) is 14.3. The van der Waals surface area contributed by atoms with Gasteiger partial charge in [0, 0.05) is 12.3 Å². The minimum Gasteiger partial charge on any atom is -0.455 e. The molecule has 0 unspecified atom stereocenters. The molecule has 114 valence electrons. The molecule has 4 saturated carbocycles. The van der Waals surface area contributed by atoms with E-state index in [9.17, 15) is 13.6 Å². The van der Waals surface area contributed by atoms with E-state index < -0.39 is 17.5 Å². The van der Waals surface area contributed by atoms with Crippen LogP contribution in [0.15, 0.2) is 0 Å². The fourth-order valence-electron chi connectivity index (χ4n) is 5.28. The summed E-state index contributed by atoms with van der Waals surface area (Å²) in [6, 6.07) is 0. The van der Waals surface area contributed by atoms with Gasteiger partial charge in [0.25, 0.3) is 0 Å². The molecule has 0 atom stereocenters. The molecule has 4 rings (SSSR count). The monoisotopic (exact) mass is 286 g/mol. The van der Waals surface area contributed by atoms with Crippen molar-refractivity contribution < 1.29 is 18.3 Å². The smallest absolute Gasteiger partial charge is 0.377 e. The zero-order valence-electron chi connectivity index (χ0n) is 12.5. The van der Waals surface area contributed by atoms with Crippen molar-refractivity contribution in [1.82, 2.24) is 0 Å². The molecule has 4 bridgehead atoms. The average molecular weight is 286 g/mol. The molecule has 20 heavy (non-hydrogen) atoms. The number of carbonyl (C=O) groups excluding carboxylic acids is 1. The molecule has 0 amide bonds. The predicted octanol–water partition coefficient (Wildman–Crippen LogP) is 4.18. The Morgan fingerprint density at radius 1 is 1.00 bits per heavy atom. The molecule has 0 heterocycles. The van der Waals surface area contributed by atoms with E-state index in [0.717, 1.165) is 19.3 Å². The van der Waals surface area contributed by atoms with E-state index in [0.29, 0.717) is 24.7 Å². The first-order chi connectivity index (χ1) is 9.11. The molecule has 2 nitrogen and oxygen atoms in total. The molecule has 0 saturated heterocycles. The van der Waals surface area contributed by atoms with E-state index in [1.54, 1.807) is 0 Å². The number of rotatable bonds is 3. The van der Waals surface area contributed by atoms with E-state index in [1.807, 2.05) is 13.8 Å². The minimum absolute atomic E-state index is 0.0807. The molecular formula is C16H24F2O2. The zero-order chi connectivity index (χ0) is 14.8. The summed E-state index contributed by atoms with van der Waals surface area (Å²) in [6.45, 7) is 4.29. The molecule has 0 aliphatic heterocycles. The predicted molar refractivity (Wildman–Crippen MR) is 71.4 cm³/mol. The van der Waals surface area contributed by atoms with Crippen LogP contribution >= 0.6 is 0 Å². The molecule has 4 heteroatoms. The average Bonchev–Trinajstić information content (AvgIpc) is 2.24. The Hall–Kier alpha value is -0.670. The molecule has 0 aromatic rings. The number of ether oxygens (including phenoxy) is 1. The Labute approximate surface area is 119 Å². The molecule has 4 aliphatic rings. The standard InChI is InChI=1S/C16H24F2O2/c1-14(2,20-13(19)15(3,17)18)16-7-10-4-11(8-16)6-12(5-10)9-16/h10-12H,4-9H2,1-3H3. The van der Waals surface area contributed by atoms with Crippen molar-refractivity contribution in [3.63, 3.8) is 0 Å². The third-order valence-corrected chi connectivity index (χ3v) is 6.02. The highest BCUT2D eigenvalue weighted by molar-refractivity contribution is 5.77. The molecule has 0 aromatic carbocycles. The van der Waals surface area contributed by atoms with E-state index in [-0.39, 0.29) is 5.41 Å². The van der Waals surface area contributed by atoms with Crippen LogP contribution in [-0.4, -0.2) is 17.5 Å². The van der Waals surface area contributed by atoms with Crippen LogP contribution in [0, 0.1) is 23.2 Å². The lowest BCUT2D eigenvalue weighted by atomic mass is 9.46. The Morgan fingerprint density at radius 2 is 1.40 bits per heavy atom. The normalized spacial score (nSPS) is 40.0.